The van der Waals surface area contributed by atoms with E-state index in [4.69, 9.17) is 23.4 Å². The van der Waals surface area contributed by atoms with Crippen molar-refractivity contribution in [2.24, 2.45) is 5.92 Å². The van der Waals surface area contributed by atoms with Gasteiger partial charge < -0.3 is 23.4 Å². The molecular weight excluding hydrogens is 328 g/mol. The van der Waals surface area contributed by atoms with E-state index in [1.54, 1.807) is 24.3 Å². The fraction of sp³-hybridized carbons (Fsp3) is 0.444. The van der Waals surface area contributed by atoms with Gasteiger partial charge in [-0.3, -0.25) is 0 Å². The molecule has 0 bridgehead atoms. The second-order valence-electron chi connectivity index (χ2n) is 6.87. The van der Waals surface area contributed by atoms with Crippen molar-refractivity contribution >= 4 is 17.1 Å². The Bertz CT molecular complexity index is 884. The van der Waals surface area contributed by atoms with E-state index in [2.05, 4.69) is 0 Å². The van der Waals surface area contributed by atoms with E-state index >= 15 is 0 Å². The molecule has 4 rings (SSSR count). The molecule has 0 amide bonds. The summed E-state index contributed by atoms with van der Waals surface area (Å²) < 4.78 is 27.6. The lowest BCUT2D eigenvalue weighted by atomic mass is 9.82. The Morgan fingerprint density at radius 1 is 1.04 bits per heavy atom. The van der Waals surface area contributed by atoms with Crippen LogP contribution in [0.15, 0.2) is 39.5 Å². The Kier molecular flexibility index (Phi) is 3.50. The van der Waals surface area contributed by atoms with Crippen molar-refractivity contribution in [2.75, 3.05) is 0 Å². The minimum atomic E-state index is -0.824. The number of ether oxygens (including phenoxy) is 4. The predicted molar refractivity (Wildman–Crippen MR) is 86.4 cm³/mol. The minimum Gasteiger partial charge on any atom is -0.461 e. The van der Waals surface area contributed by atoms with Gasteiger partial charge in [0.15, 0.2) is 6.10 Å². The van der Waals surface area contributed by atoms with Crippen LogP contribution < -0.4 is 10.4 Å². The molecule has 0 aliphatic carbocycles. The van der Waals surface area contributed by atoms with E-state index in [1.165, 1.54) is 6.07 Å². The van der Waals surface area contributed by atoms with Gasteiger partial charge in [-0.2, -0.15) is 0 Å². The SMILES string of the molecule is C[C@@H]1[C@H]2OC(=O)O[C@@H]2C(Oc2ccc3ccc(=O)oc3c2)OC1(C)C. The summed E-state index contributed by atoms with van der Waals surface area (Å²) in [5, 5.41) is 0.777. The maximum atomic E-state index is 11.6. The third kappa shape index (κ3) is 2.74. The van der Waals surface area contributed by atoms with Gasteiger partial charge in [0.2, 0.25) is 12.4 Å². The van der Waals surface area contributed by atoms with Crippen LogP contribution in [-0.4, -0.2) is 30.3 Å². The molecule has 2 aromatic rings. The number of benzene rings is 1. The molecule has 2 fully saturated rings. The molecule has 0 spiro atoms. The zero-order chi connectivity index (χ0) is 17.8. The minimum absolute atomic E-state index is 0.0570. The molecule has 0 saturated carbocycles. The van der Waals surface area contributed by atoms with Crippen LogP contribution in [-0.2, 0) is 14.2 Å². The molecule has 3 heterocycles. The van der Waals surface area contributed by atoms with Crippen LogP contribution in [0.3, 0.4) is 0 Å². The highest BCUT2D eigenvalue weighted by atomic mass is 16.8. The average molecular weight is 346 g/mol. The van der Waals surface area contributed by atoms with Gasteiger partial charge in [0.1, 0.15) is 11.3 Å². The van der Waals surface area contributed by atoms with Gasteiger partial charge in [0.05, 0.1) is 5.60 Å². The Morgan fingerprint density at radius 3 is 2.56 bits per heavy atom. The highest BCUT2D eigenvalue weighted by molar-refractivity contribution is 5.77. The standard InChI is InChI=1S/C18H18O7/c1-9-14-15(24-17(20)23-14)16(25-18(9,2)3)21-11-6-4-10-5-7-13(19)22-12(10)8-11/h4-9,14-16H,1-3H3/t9-,14-,15+,16?/m1/s1. The molecule has 2 aliphatic heterocycles. The smallest absolute Gasteiger partial charge is 0.461 e. The molecule has 0 radical (unpaired) electrons. The zero-order valence-corrected chi connectivity index (χ0v) is 14.1. The first-order valence-corrected chi connectivity index (χ1v) is 8.09. The van der Waals surface area contributed by atoms with Gasteiger partial charge in [-0.25, -0.2) is 9.59 Å². The number of carbonyl (C=O) groups excluding carboxylic acids is 1. The van der Waals surface area contributed by atoms with Gasteiger partial charge in [-0.1, -0.05) is 6.92 Å². The summed E-state index contributed by atoms with van der Waals surface area (Å²) in [4.78, 5) is 23.0. The summed E-state index contributed by atoms with van der Waals surface area (Å²) in [6, 6.07) is 8.16. The highest BCUT2D eigenvalue weighted by Gasteiger charge is 2.56. The van der Waals surface area contributed by atoms with Gasteiger partial charge in [-0.05, 0) is 32.0 Å². The molecule has 1 aromatic carbocycles. The molecule has 25 heavy (non-hydrogen) atoms. The van der Waals surface area contributed by atoms with E-state index < -0.39 is 35.9 Å². The van der Waals surface area contributed by atoms with Crippen molar-refractivity contribution in [1.82, 2.24) is 0 Å². The van der Waals surface area contributed by atoms with Crippen molar-refractivity contribution in [1.29, 1.82) is 0 Å². The van der Waals surface area contributed by atoms with Gasteiger partial charge in [0.25, 0.3) is 0 Å². The van der Waals surface area contributed by atoms with Crippen molar-refractivity contribution in [3.63, 3.8) is 0 Å². The molecule has 2 aliphatic rings. The van der Waals surface area contributed by atoms with Crippen molar-refractivity contribution < 1.29 is 28.2 Å². The fourth-order valence-electron chi connectivity index (χ4n) is 3.19. The molecule has 2 saturated heterocycles. The van der Waals surface area contributed by atoms with Gasteiger partial charge in [-0.15, -0.1) is 0 Å². The molecule has 0 N–H and O–H groups in total. The Hall–Kier alpha value is -2.54. The van der Waals surface area contributed by atoms with Crippen molar-refractivity contribution in [2.45, 2.75) is 44.9 Å². The Morgan fingerprint density at radius 2 is 1.76 bits per heavy atom. The third-order valence-electron chi connectivity index (χ3n) is 4.91. The zero-order valence-electron chi connectivity index (χ0n) is 14.1. The molecule has 7 nitrogen and oxygen atoms in total. The lowest BCUT2D eigenvalue weighted by Crippen LogP contribution is -2.58. The fourth-order valence-corrected chi connectivity index (χ4v) is 3.19. The molecule has 132 valence electrons. The molecule has 1 aromatic heterocycles. The first-order chi connectivity index (χ1) is 11.8. The second-order valence-corrected chi connectivity index (χ2v) is 6.87. The summed E-state index contributed by atoms with van der Waals surface area (Å²) in [7, 11) is 0. The molecule has 4 atom stereocenters. The number of hydrogen-bond acceptors (Lipinski definition) is 7. The van der Waals surface area contributed by atoms with Crippen LogP contribution in [0.1, 0.15) is 20.8 Å². The highest BCUT2D eigenvalue weighted by Crippen LogP contribution is 2.40. The van der Waals surface area contributed by atoms with E-state index in [-0.39, 0.29) is 5.92 Å². The summed E-state index contributed by atoms with van der Waals surface area (Å²) in [5.74, 6) is 0.386. The van der Waals surface area contributed by atoms with E-state index in [0.717, 1.165) is 5.39 Å². The van der Waals surface area contributed by atoms with E-state index in [9.17, 15) is 9.59 Å². The molecular formula is C18H18O7. The van der Waals surface area contributed by atoms with Gasteiger partial charge >= 0.3 is 11.8 Å². The number of hydrogen-bond donors (Lipinski definition) is 0. The molecule has 1 unspecified atom stereocenters. The summed E-state index contributed by atoms with van der Waals surface area (Å²) in [6.07, 6.45) is -2.65. The largest absolute Gasteiger partial charge is 0.509 e. The topological polar surface area (TPSA) is 84.2 Å². The first kappa shape index (κ1) is 16.0. The maximum Gasteiger partial charge on any atom is 0.509 e. The normalized spacial score (nSPS) is 30.4. The van der Waals surface area contributed by atoms with Gasteiger partial charge in [0, 0.05) is 23.4 Å². The second kappa shape index (κ2) is 5.49. The van der Waals surface area contributed by atoms with Crippen LogP contribution in [0.5, 0.6) is 5.75 Å². The van der Waals surface area contributed by atoms with Crippen LogP contribution in [0.4, 0.5) is 4.79 Å². The Balaban J connectivity index is 1.64. The maximum absolute atomic E-state index is 11.6. The third-order valence-corrected chi connectivity index (χ3v) is 4.91. The lowest BCUT2D eigenvalue weighted by molar-refractivity contribution is -0.260. The van der Waals surface area contributed by atoms with E-state index in [0.29, 0.717) is 11.3 Å². The summed E-state index contributed by atoms with van der Waals surface area (Å²) in [6.45, 7) is 5.77. The van der Waals surface area contributed by atoms with Crippen molar-refractivity contribution in [3.8, 4) is 5.75 Å². The summed E-state index contributed by atoms with van der Waals surface area (Å²) in [5.41, 5.74) is -0.597. The van der Waals surface area contributed by atoms with Crippen LogP contribution in [0.25, 0.3) is 11.0 Å². The first-order valence-electron chi connectivity index (χ1n) is 8.09. The average Bonchev–Trinajstić information content (AvgIpc) is 2.94. The monoisotopic (exact) mass is 346 g/mol. The van der Waals surface area contributed by atoms with E-state index in [1.807, 2.05) is 20.8 Å². The number of rotatable bonds is 2. The predicted octanol–water partition coefficient (Wildman–Crippen LogP) is 2.85. The van der Waals surface area contributed by atoms with Crippen LogP contribution in [0, 0.1) is 5.92 Å². The van der Waals surface area contributed by atoms with Crippen molar-refractivity contribution in [3.05, 3.63) is 40.8 Å². The number of fused-ring (bicyclic) bond motifs is 2. The quantitative estimate of drug-likeness (QED) is 0.610. The Labute approximate surface area is 143 Å². The van der Waals surface area contributed by atoms with Crippen LogP contribution in [0.2, 0.25) is 0 Å². The summed E-state index contributed by atoms with van der Waals surface area (Å²) >= 11 is 0. The number of carbonyl (C=O) groups is 1. The molecule has 7 heteroatoms. The lowest BCUT2D eigenvalue weighted by Gasteiger charge is -2.44. The van der Waals surface area contributed by atoms with Crippen LogP contribution >= 0.6 is 0 Å².